The van der Waals surface area contributed by atoms with Gasteiger partial charge in [0, 0.05) is 25.3 Å². The highest BCUT2D eigenvalue weighted by Crippen LogP contribution is 2.18. The van der Waals surface area contributed by atoms with Gasteiger partial charge in [0.1, 0.15) is 12.4 Å². The number of piperidine rings is 1. The minimum atomic E-state index is 0. The Labute approximate surface area is 150 Å². The molecule has 0 bridgehead atoms. The highest BCUT2D eigenvalue weighted by atomic mass is 35.5. The van der Waals surface area contributed by atoms with Crippen molar-refractivity contribution < 1.29 is 14.3 Å². The first-order valence-corrected chi connectivity index (χ1v) is 8.19. The second kappa shape index (κ2) is 11.1. The number of hydrogen-bond acceptors (Lipinski definition) is 4. The topological polar surface area (TPSA) is 64.8 Å². The zero-order valence-corrected chi connectivity index (χ0v) is 14.8. The fourth-order valence-electron chi connectivity index (χ4n) is 2.59. The van der Waals surface area contributed by atoms with E-state index in [2.05, 4.69) is 6.58 Å². The van der Waals surface area contributed by atoms with Crippen molar-refractivity contribution in [3.63, 3.8) is 0 Å². The first kappa shape index (κ1) is 20.5. The standard InChI is InChI=1S/C18H26N2O3.ClH/c1-2-13-22-16-6-4-15(5-7-16)18(21)20-11-8-17(9-12-20)23-14-3-10-19;/h2,4-7,17H,1,3,8-14,19H2;1H. The number of ether oxygens (including phenoxy) is 2. The van der Waals surface area contributed by atoms with Crippen LogP contribution in [0.3, 0.4) is 0 Å². The predicted molar refractivity (Wildman–Crippen MR) is 97.9 cm³/mol. The van der Waals surface area contributed by atoms with Crippen LogP contribution in [-0.4, -0.2) is 49.8 Å². The van der Waals surface area contributed by atoms with Gasteiger partial charge in [0.05, 0.1) is 6.10 Å². The van der Waals surface area contributed by atoms with E-state index in [0.29, 0.717) is 25.3 Å². The Balaban J connectivity index is 0.00000288. The molecule has 1 saturated heterocycles. The van der Waals surface area contributed by atoms with Gasteiger partial charge in [0.2, 0.25) is 0 Å². The molecule has 1 aromatic rings. The molecule has 1 aromatic carbocycles. The lowest BCUT2D eigenvalue weighted by Gasteiger charge is -2.32. The number of nitrogens with zero attached hydrogens (tertiary/aromatic N) is 1. The maximum atomic E-state index is 12.5. The molecule has 5 nitrogen and oxygen atoms in total. The maximum Gasteiger partial charge on any atom is 0.253 e. The lowest BCUT2D eigenvalue weighted by atomic mass is 10.1. The summed E-state index contributed by atoms with van der Waals surface area (Å²) in [7, 11) is 0. The van der Waals surface area contributed by atoms with E-state index < -0.39 is 0 Å². The summed E-state index contributed by atoms with van der Waals surface area (Å²) in [4.78, 5) is 14.4. The van der Waals surface area contributed by atoms with E-state index in [4.69, 9.17) is 15.2 Å². The Morgan fingerprint density at radius 1 is 1.29 bits per heavy atom. The van der Waals surface area contributed by atoms with Gasteiger partial charge >= 0.3 is 0 Å². The summed E-state index contributed by atoms with van der Waals surface area (Å²) in [6.07, 6.45) is 4.60. The minimum absolute atomic E-state index is 0. The quantitative estimate of drug-likeness (QED) is 0.575. The molecule has 0 radical (unpaired) electrons. The van der Waals surface area contributed by atoms with Gasteiger partial charge in [0.25, 0.3) is 5.91 Å². The predicted octanol–water partition coefficient (Wildman–Crippen LogP) is 2.64. The number of carbonyl (C=O) groups is 1. The summed E-state index contributed by atoms with van der Waals surface area (Å²) in [5.41, 5.74) is 6.15. The molecule has 2 rings (SSSR count). The number of likely N-dealkylation sites (tertiary alicyclic amines) is 1. The molecular formula is C18H27ClN2O3. The third-order valence-electron chi connectivity index (χ3n) is 3.90. The SMILES string of the molecule is C=CCOc1ccc(C(=O)N2CCC(OCCCN)CC2)cc1.Cl. The van der Waals surface area contributed by atoms with E-state index in [0.717, 1.165) is 38.1 Å². The first-order chi connectivity index (χ1) is 11.2. The number of benzene rings is 1. The molecule has 0 aliphatic carbocycles. The molecule has 0 spiro atoms. The van der Waals surface area contributed by atoms with Crippen LogP contribution in [0, 0.1) is 0 Å². The van der Waals surface area contributed by atoms with Crippen LogP contribution in [0.4, 0.5) is 0 Å². The average Bonchev–Trinajstić information content (AvgIpc) is 2.61. The molecule has 24 heavy (non-hydrogen) atoms. The van der Waals surface area contributed by atoms with E-state index in [1.807, 2.05) is 29.2 Å². The Hall–Kier alpha value is -1.56. The van der Waals surface area contributed by atoms with Gasteiger partial charge < -0.3 is 20.1 Å². The van der Waals surface area contributed by atoms with Gasteiger partial charge in [-0.1, -0.05) is 12.7 Å². The summed E-state index contributed by atoms with van der Waals surface area (Å²) in [6.45, 7) is 6.91. The van der Waals surface area contributed by atoms with E-state index in [1.54, 1.807) is 6.08 Å². The monoisotopic (exact) mass is 354 g/mol. The van der Waals surface area contributed by atoms with E-state index in [1.165, 1.54) is 0 Å². The van der Waals surface area contributed by atoms with E-state index >= 15 is 0 Å². The normalized spacial score (nSPS) is 14.8. The average molecular weight is 355 g/mol. The van der Waals surface area contributed by atoms with Crippen LogP contribution < -0.4 is 10.5 Å². The molecule has 1 amide bonds. The van der Waals surface area contributed by atoms with Crippen molar-refractivity contribution in [3.05, 3.63) is 42.5 Å². The third-order valence-corrected chi connectivity index (χ3v) is 3.90. The van der Waals surface area contributed by atoms with Crippen LogP contribution in [0.2, 0.25) is 0 Å². The largest absolute Gasteiger partial charge is 0.490 e. The number of nitrogens with two attached hydrogens (primary N) is 1. The van der Waals surface area contributed by atoms with Crippen molar-refractivity contribution in [1.82, 2.24) is 4.90 Å². The highest BCUT2D eigenvalue weighted by Gasteiger charge is 2.23. The molecule has 0 unspecified atom stereocenters. The molecule has 1 fully saturated rings. The van der Waals surface area contributed by atoms with Crippen molar-refractivity contribution >= 4 is 18.3 Å². The molecule has 0 saturated carbocycles. The number of halogens is 1. The van der Waals surface area contributed by atoms with E-state index in [-0.39, 0.29) is 24.4 Å². The Bertz CT molecular complexity index is 499. The van der Waals surface area contributed by atoms with Gasteiger partial charge in [-0.3, -0.25) is 4.79 Å². The maximum absolute atomic E-state index is 12.5. The van der Waals surface area contributed by atoms with Crippen molar-refractivity contribution in [2.75, 3.05) is 32.8 Å². The summed E-state index contributed by atoms with van der Waals surface area (Å²) in [5.74, 6) is 0.814. The summed E-state index contributed by atoms with van der Waals surface area (Å²) >= 11 is 0. The van der Waals surface area contributed by atoms with Crippen LogP contribution >= 0.6 is 12.4 Å². The third kappa shape index (κ3) is 6.15. The second-order valence-corrected chi connectivity index (χ2v) is 5.63. The zero-order valence-electron chi connectivity index (χ0n) is 14.0. The van der Waals surface area contributed by atoms with Crippen LogP contribution in [0.15, 0.2) is 36.9 Å². The van der Waals surface area contributed by atoms with Crippen molar-refractivity contribution in [2.45, 2.75) is 25.4 Å². The Kier molecular flexibility index (Phi) is 9.45. The van der Waals surface area contributed by atoms with Gasteiger partial charge in [-0.2, -0.15) is 0 Å². The number of amides is 1. The summed E-state index contributed by atoms with van der Waals surface area (Å²) in [5, 5.41) is 0. The molecule has 1 aliphatic heterocycles. The fourth-order valence-corrected chi connectivity index (χ4v) is 2.59. The Morgan fingerprint density at radius 2 is 1.96 bits per heavy atom. The number of rotatable bonds is 8. The molecule has 6 heteroatoms. The smallest absolute Gasteiger partial charge is 0.253 e. The lowest BCUT2D eigenvalue weighted by Crippen LogP contribution is -2.41. The number of carbonyl (C=O) groups excluding carboxylic acids is 1. The van der Waals surface area contributed by atoms with Crippen LogP contribution in [-0.2, 0) is 4.74 Å². The van der Waals surface area contributed by atoms with Crippen LogP contribution in [0.5, 0.6) is 5.75 Å². The molecular weight excluding hydrogens is 328 g/mol. The molecule has 1 heterocycles. The molecule has 2 N–H and O–H groups in total. The summed E-state index contributed by atoms with van der Waals surface area (Å²) < 4.78 is 11.2. The zero-order chi connectivity index (χ0) is 16.5. The molecule has 134 valence electrons. The minimum Gasteiger partial charge on any atom is -0.490 e. The van der Waals surface area contributed by atoms with E-state index in [9.17, 15) is 4.79 Å². The van der Waals surface area contributed by atoms with Gasteiger partial charge in [-0.15, -0.1) is 12.4 Å². The van der Waals surface area contributed by atoms with Gasteiger partial charge in [0.15, 0.2) is 0 Å². The molecule has 0 aromatic heterocycles. The van der Waals surface area contributed by atoms with Crippen LogP contribution in [0.1, 0.15) is 29.6 Å². The van der Waals surface area contributed by atoms with Gasteiger partial charge in [-0.25, -0.2) is 0 Å². The molecule has 1 aliphatic rings. The van der Waals surface area contributed by atoms with Crippen molar-refractivity contribution in [3.8, 4) is 5.75 Å². The fraction of sp³-hybridized carbons (Fsp3) is 0.500. The summed E-state index contributed by atoms with van der Waals surface area (Å²) in [6, 6.07) is 7.26. The highest BCUT2D eigenvalue weighted by molar-refractivity contribution is 5.94. The van der Waals surface area contributed by atoms with Crippen molar-refractivity contribution in [2.24, 2.45) is 5.73 Å². The van der Waals surface area contributed by atoms with Crippen molar-refractivity contribution in [1.29, 1.82) is 0 Å². The first-order valence-electron chi connectivity index (χ1n) is 8.19. The lowest BCUT2D eigenvalue weighted by molar-refractivity contribution is 0.00845. The van der Waals surface area contributed by atoms with Gasteiger partial charge in [-0.05, 0) is 50.1 Å². The number of hydrogen-bond donors (Lipinski definition) is 1. The second-order valence-electron chi connectivity index (χ2n) is 5.63. The van der Waals surface area contributed by atoms with Crippen LogP contribution in [0.25, 0.3) is 0 Å². The Morgan fingerprint density at radius 3 is 2.54 bits per heavy atom. The molecule has 0 atom stereocenters.